The third-order valence-electron chi connectivity index (χ3n) is 11.2. The second-order valence-corrected chi connectivity index (χ2v) is 17.2. The normalized spacial score (nSPS) is 31.8. The number of hydrogen-bond donors (Lipinski definition) is 4. The molecule has 0 radical (unpaired) electrons. The molecule has 13 nitrogen and oxygen atoms in total. The number of nitrogens with zero attached hydrogens (tertiary/aromatic N) is 2. The second kappa shape index (κ2) is 12.1. The lowest BCUT2D eigenvalue weighted by Crippen LogP contribution is -2.58. The summed E-state index contributed by atoms with van der Waals surface area (Å²) < 4.78 is 66.5. The predicted molar refractivity (Wildman–Crippen MR) is 179 cm³/mol. The van der Waals surface area contributed by atoms with E-state index in [0.29, 0.717) is 44.0 Å². The molecule has 1 aromatic heterocycles. The van der Waals surface area contributed by atoms with Crippen LogP contribution < -0.4 is 20.1 Å². The average molecular weight is 730 g/mol. The fourth-order valence-corrected chi connectivity index (χ4v) is 9.20. The van der Waals surface area contributed by atoms with Gasteiger partial charge in [-0.3, -0.25) is 19.1 Å². The number of para-hydroxylation sites is 1. The van der Waals surface area contributed by atoms with Crippen molar-refractivity contribution in [1.29, 1.82) is 0 Å². The Morgan fingerprint density at radius 2 is 1.86 bits per heavy atom. The fraction of sp³-hybridized carbons (Fsp3) is 0.571. The summed E-state index contributed by atoms with van der Waals surface area (Å²) in [6.07, 6.45) is 4.21. The number of nitrogens with one attached hydrogen (secondary N) is 3. The van der Waals surface area contributed by atoms with Crippen LogP contribution in [0.1, 0.15) is 82.4 Å². The van der Waals surface area contributed by atoms with Gasteiger partial charge >= 0.3 is 6.09 Å². The number of alkyl halides is 2. The van der Waals surface area contributed by atoms with Crippen LogP contribution in [-0.4, -0.2) is 81.7 Å². The first-order valence-electron chi connectivity index (χ1n) is 17.3. The summed E-state index contributed by atoms with van der Waals surface area (Å²) in [4.78, 5) is 59.7. The van der Waals surface area contributed by atoms with Crippen LogP contribution in [-0.2, 0) is 30.3 Å². The number of aromatic nitrogens is 1. The van der Waals surface area contributed by atoms with Gasteiger partial charge in [-0.25, -0.2) is 27.0 Å². The van der Waals surface area contributed by atoms with Crippen molar-refractivity contribution in [3.8, 4) is 5.75 Å². The van der Waals surface area contributed by atoms with Crippen LogP contribution in [0.15, 0.2) is 36.4 Å². The minimum Gasteiger partial charge on any atom is -0.483 e. The zero-order valence-electron chi connectivity index (χ0n) is 28.3. The first-order valence-corrected chi connectivity index (χ1v) is 18.8. The lowest BCUT2D eigenvalue weighted by Gasteiger charge is -2.40. The van der Waals surface area contributed by atoms with Crippen molar-refractivity contribution in [1.82, 2.24) is 25.2 Å². The van der Waals surface area contributed by atoms with Crippen molar-refractivity contribution < 1.29 is 46.2 Å². The van der Waals surface area contributed by atoms with Gasteiger partial charge in [-0.1, -0.05) is 43.2 Å². The number of sulfonamides is 1. The Morgan fingerprint density at radius 1 is 1.12 bits per heavy atom. The van der Waals surface area contributed by atoms with Gasteiger partial charge in [0.25, 0.3) is 11.8 Å². The maximum absolute atomic E-state index is 16.4. The Bertz CT molecular complexity index is 1970. The summed E-state index contributed by atoms with van der Waals surface area (Å²) in [7, 11) is -4.07. The number of rotatable bonds is 4. The number of amides is 4. The zero-order chi connectivity index (χ0) is 36.6. The number of ether oxygens (including phenoxy) is 1. The van der Waals surface area contributed by atoms with Crippen LogP contribution >= 0.6 is 0 Å². The Labute approximate surface area is 293 Å². The standard InChI is InChI=1S/C35H41F2N5O8S/c1-20-27-26(22-11-8-9-12-23(22)38-20)35(36,37)18-33(50-27)17-25-28(43)40-34(30(45)41-51(48,49)32(2)14-15-32)16-21(34)10-6-4-3-5-7-13-24(39-31(46)47)29(44)42(25)19-33/h6,8-12,21,24-25,39H,3-5,7,13-19H2,1-2H3,(H,40,43)(H,41,45)(H,46,47)/b10-6-/t21-,24+,25+,33+,34-/m1/s1. The highest BCUT2D eigenvalue weighted by Crippen LogP contribution is 2.54. The van der Waals surface area contributed by atoms with Gasteiger partial charge in [0.15, 0.2) is 5.75 Å². The van der Waals surface area contributed by atoms with Crippen molar-refractivity contribution in [2.45, 2.75) is 112 Å². The molecule has 5 aliphatic rings. The van der Waals surface area contributed by atoms with Crippen LogP contribution in [0.4, 0.5) is 13.6 Å². The fourth-order valence-electron chi connectivity index (χ4n) is 7.89. The maximum Gasteiger partial charge on any atom is 0.405 e. The minimum atomic E-state index is -4.07. The summed E-state index contributed by atoms with van der Waals surface area (Å²) in [5.41, 5.74) is -3.24. The molecule has 2 aromatic rings. The average Bonchev–Trinajstić information content (AvgIpc) is 3.94. The molecule has 1 aromatic carbocycles. The van der Waals surface area contributed by atoms with E-state index in [-0.39, 0.29) is 35.2 Å². The summed E-state index contributed by atoms with van der Waals surface area (Å²) in [6.45, 7) is 2.59. The molecule has 4 heterocycles. The van der Waals surface area contributed by atoms with Gasteiger partial charge in [0.05, 0.1) is 34.5 Å². The number of fused-ring (bicyclic) bond motifs is 5. The third-order valence-corrected chi connectivity index (χ3v) is 13.3. The summed E-state index contributed by atoms with van der Waals surface area (Å²) in [5.74, 6) is -6.75. The summed E-state index contributed by atoms with van der Waals surface area (Å²) in [6, 6.07) is 3.71. The van der Waals surface area contributed by atoms with Gasteiger partial charge < -0.3 is 25.4 Å². The number of benzene rings is 1. The van der Waals surface area contributed by atoms with Gasteiger partial charge in [0.2, 0.25) is 21.8 Å². The number of allylic oxidation sites excluding steroid dienone is 1. The molecule has 0 bridgehead atoms. The Kier molecular flexibility index (Phi) is 8.34. The minimum absolute atomic E-state index is 0.0855. The first-order chi connectivity index (χ1) is 24.0. The molecule has 3 aliphatic heterocycles. The quantitative estimate of drug-likeness (QED) is 0.340. The monoisotopic (exact) mass is 729 g/mol. The lowest BCUT2D eigenvalue weighted by atomic mass is 9.84. The van der Waals surface area contributed by atoms with E-state index in [4.69, 9.17) is 4.74 Å². The van der Waals surface area contributed by atoms with E-state index in [2.05, 4.69) is 20.3 Å². The molecule has 4 N–H and O–H groups in total. The van der Waals surface area contributed by atoms with E-state index in [1.165, 1.54) is 13.0 Å². The Balaban J connectivity index is 1.27. The topological polar surface area (TPSA) is 184 Å². The number of pyridine rings is 1. The molecule has 274 valence electrons. The van der Waals surface area contributed by atoms with Crippen molar-refractivity contribution in [2.24, 2.45) is 5.92 Å². The van der Waals surface area contributed by atoms with Crippen LogP contribution in [0.3, 0.4) is 0 Å². The van der Waals surface area contributed by atoms with Gasteiger partial charge in [-0.15, -0.1) is 0 Å². The predicted octanol–water partition coefficient (Wildman–Crippen LogP) is 3.79. The Morgan fingerprint density at radius 3 is 2.59 bits per heavy atom. The molecule has 4 amide bonds. The number of carbonyl (C=O) groups excluding carboxylic acids is 3. The molecule has 16 heteroatoms. The zero-order valence-corrected chi connectivity index (χ0v) is 29.2. The summed E-state index contributed by atoms with van der Waals surface area (Å²) in [5, 5.41) is 14.8. The van der Waals surface area contributed by atoms with E-state index < -0.39 is 93.0 Å². The van der Waals surface area contributed by atoms with Gasteiger partial charge in [-0.05, 0) is 58.4 Å². The highest BCUT2D eigenvalue weighted by Gasteiger charge is 2.65. The van der Waals surface area contributed by atoms with Crippen LogP contribution in [0.5, 0.6) is 5.75 Å². The molecule has 1 saturated heterocycles. The van der Waals surface area contributed by atoms with E-state index in [9.17, 15) is 32.7 Å². The van der Waals surface area contributed by atoms with Gasteiger partial charge in [0.1, 0.15) is 23.2 Å². The second-order valence-electron chi connectivity index (χ2n) is 15.0. The van der Waals surface area contributed by atoms with Crippen molar-refractivity contribution in [3.05, 3.63) is 47.7 Å². The molecule has 2 aliphatic carbocycles. The summed E-state index contributed by atoms with van der Waals surface area (Å²) >= 11 is 0. The molecule has 2 saturated carbocycles. The van der Waals surface area contributed by atoms with E-state index in [1.807, 2.05) is 6.08 Å². The van der Waals surface area contributed by atoms with E-state index in [0.717, 1.165) is 4.90 Å². The molecule has 5 atom stereocenters. The van der Waals surface area contributed by atoms with Crippen LogP contribution in [0.2, 0.25) is 0 Å². The van der Waals surface area contributed by atoms with Gasteiger partial charge in [-0.2, -0.15) is 0 Å². The molecule has 7 rings (SSSR count). The first kappa shape index (κ1) is 35.1. The molecule has 51 heavy (non-hydrogen) atoms. The number of carboxylic acid groups (broad SMARTS) is 1. The SMILES string of the molecule is Cc1nc2ccccc2c2c1O[C@@]1(C[C@H]3C(=O)N[C@]4(C(=O)NS(=O)(=O)C5(C)CC5)C[C@H]4/C=C\CCCCC[C@H](NC(=O)O)C(=O)N3C1)CC2(F)F. The smallest absolute Gasteiger partial charge is 0.405 e. The van der Waals surface area contributed by atoms with Crippen molar-refractivity contribution in [2.75, 3.05) is 6.54 Å². The Hall–Kier alpha value is -4.34. The number of hydrogen-bond acceptors (Lipinski definition) is 8. The molecular formula is C35H41F2N5O8S. The van der Waals surface area contributed by atoms with E-state index in [1.54, 1.807) is 31.2 Å². The highest BCUT2D eigenvalue weighted by atomic mass is 32.2. The van der Waals surface area contributed by atoms with Crippen LogP contribution in [0, 0.1) is 12.8 Å². The number of carbonyl (C=O) groups is 4. The molecule has 0 unspecified atom stereocenters. The maximum atomic E-state index is 16.4. The lowest BCUT2D eigenvalue weighted by molar-refractivity contribution is -0.141. The van der Waals surface area contributed by atoms with E-state index >= 15 is 8.78 Å². The van der Waals surface area contributed by atoms with Crippen LogP contribution in [0.25, 0.3) is 10.9 Å². The third kappa shape index (κ3) is 6.18. The van der Waals surface area contributed by atoms with Gasteiger partial charge in [0, 0.05) is 17.7 Å². The number of aryl methyl sites for hydroxylation is 1. The molecule has 1 spiro atoms. The molecule has 3 fully saturated rings. The molecular weight excluding hydrogens is 688 g/mol. The largest absolute Gasteiger partial charge is 0.483 e. The van der Waals surface area contributed by atoms with Crippen molar-refractivity contribution in [3.63, 3.8) is 0 Å². The number of halogens is 2. The van der Waals surface area contributed by atoms with Crippen molar-refractivity contribution >= 4 is 44.7 Å². The highest BCUT2D eigenvalue weighted by molar-refractivity contribution is 7.91.